The van der Waals surface area contributed by atoms with Gasteiger partial charge in [-0.25, -0.2) is 0 Å². The summed E-state index contributed by atoms with van der Waals surface area (Å²) >= 11 is 1.58. The van der Waals surface area contributed by atoms with Gasteiger partial charge in [0.1, 0.15) is 11.6 Å². The van der Waals surface area contributed by atoms with Crippen LogP contribution < -0.4 is 10.2 Å². The maximum absolute atomic E-state index is 12.8. The molecule has 2 N–H and O–H groups in total. The van der Waals surface area contributed by atoms with Crippen molar-refractivity contribution in [3.8, 4) is 16.5 Å². The molecular formula is C29H34N4O2S. The van der Waals surface area contributed by atoms with Crippen molar-refractivity contribution < 1.29 is 9.90 Å². The highest BCUT2D eigenvalue weighted by atomic mass is 32.1. The van der Waals surface area contributed by atoms with Gasteiger partial charge in [-0.15, -0.1) is 11.3 Å². The summed E-state index contributed by atoms with van der Waals surface area (Å²) < 4.78 is 0. The van der Waals surface area contributed by atoms with Gasteiger partial charge in [-0.3, -0.25) is 4.79 Å². The topological polar surface area (TPSA) is 79.6 Å². The van der Waals surface area contributed by atoms with Crippen LogP contribution in [0.5, 0.6) is 0 Å². The lowest BCUT2D eigenvalue weighted by atomic mass is 9.99. The van der Waals surface area contributed by atoms with Gasteiger partial charge < -0.3 is 20.2 Å². The van der Waals surface area contributed by atoms with Gasteiger partial charge in [0.15, 0.2) is 0 Å². The summed E-state index contributed by atoms with van der Waals surface area (Å²) in [5, 5.41) is 24.2. The highest BCUT2D eigenvalue weighted by Crippen LogP contribution is 2.35. The van der Waals surface area contributed by atoms with E-state index in [2.05, 4.69) is 64.6 Å². The molecule has 1 aliphatic heterocycles. The van der Waals surface area contributed by atoms with E-state index in [1.165, 1.54) is 16.5 Å². The summed E-state index contributed by atoms with van der Waals surface area (Å²) in [5.41, 5.74) is 2.55. The van der Waals surface area contributed by atoms with E-state index < -0.39 is 11.4 Å². The molecule has 36 heavy (non-hydrogen) atoms. The third-order valence-corrected chi connectivity index (χ3v) is 8.11. The van der Waals surface area contributed by atoms with E-state index in [4.69, 9.17) is 0 Å². The first-order valence-corrected chi connectivity index (χ1v) is 13.1. The Labute approximate surface area is 217 Å². The van der Waals surface area contributed by atoms with E-state index in [1.807, 2.05) is 32.9 Å². The van der Waals surface area contributed by atoms with Gasteiger partial charge in [0.2, 0.25) is 0 Å². The molecule has 6 nitrogen and oxygen atoms in total. The van der Waals surface area contributed by atoms with Gasteiger partial charge in [0.25, 0.3) is 5.91 Å². The first kappa shape index (κ1) is 25.9. The van der Waals surface area contributed by atoms with Crippen LogP contribution in [-0.2, 0) is 4.79 Å². The largest absolute Gasteiger partial charge is 0.396 e. The second-order valence-corrected chi connectivity index (χ2v) is 11.2. The minimum absolute atomic E-state index is 0.0327. The van der Waals surface area contributed by atoms with Gasteiger partial charge in [0.05, 0.1) is 0 Å². The zero-order chi connectivity index (χ0) is 25.9. The molecule has 188 valence electrons. The van der Waals surface area contributed by atoms with Gasteiger partial charge in [-0.05, 0) is 86.5 Å². The molecule has 1 amide bonds. The zero-order valence-corrected chi connectivity index (χ0v) is 22.3. The fraction of sp³-hybridized carbons (Fsp3) is 0.379. The van der Waals surface area contributed by atoms with Crippen molar-refractivity contribution in [1.29, 1.82) is 5.26 Å². The number of allylic oxidation sites excluding steroid dienone is 1. The zero-order valence-electron chi connectivity index (χ0n) is 21.5. The molecule has 7 heteroatoms. The Hall–Kier alpha value is -3.18. The number of amides is 1. The Morgan fingerprint density at radius 1 is 1.08 bits per heavy atom. The fourth-order valence-electron chi connectivity index (χ4n) is 4.48. The van der Waals surface area contributed by atoms with Crippen molar-refractivity contribution in [2.75, 3.05) is 44.7 Å². The van der Waals surface area contributed by atoms with Crippen LogP contribution in [0.15, 0.2) is 54.1 Å². The number of carbonyl (C=O) groups excluding carboxylic acids is 1. The summed E-state index contributed by atoms with van der Waals surface area (Å²) in [7, 11) is 2.17. The number of fused-ring (bicyclic) bond motifs is 1. The molecule has 2 heterocycles. The van der Waals surface area contributed by atoms with E-state index in [1.54, 1.807) is 11.3 Å². The lowest BCUT2D eigenvalue weighted by Gasteiger charge is -2.34. The van der Waals surface area contributed by atoms with Crippen LogP contribution in [-0.4, -0.2) is 61.3 Å². The predicted octanol–water partition coefficient (Wildman–Crippen LogP) is 4.89. The van der Waals surface area contributed by atoms with Crippen LogP contribution in [0.4, 0.5) is 5.69 Å². The maximum atomic E-state index is 12.8. The number of thiophene rings is 1. The Morgan fingerprint density at radius 2 is 1.78 bits per heavy atom. The molecular weight excluding hydrogens is 468 g/mol. The van der Waals surface area contributed by atoms with Gasteiger partial charge in [-0.2, -0.15) is 5.26 Å². The van der Waals surface area contributed by atoms with Crippen LogP contribution in [0.2, 0.25) is 0 Å². The predicted molar refractivity (Wildman–Crippen MR) is 149 cm³/mol. The minimum atomic E-state index is -0.593. The second-order valence-electron chi connectivity index (χ2n) is 10.1. The lowest BCUT2D eigenvalue weighted by Crippen LogP contribution is -2.44. The normalized spacial score (nSPS) is 15.5. The molecule has 0 radical (unpaired) electrons. The Bertz CT molecular complexity index is 1330. The summed E-state index contributed by atoms with van der Waals surface area (Å²) in [6.07, 6.45) is 0.415. The summed E-state index contributed by atoms with van der Waals surface area (Å²) in [6.45, 7) is 9.72. The molecule has 0 bridgehead atoms. The van der Waals surface area contributed by atoms with Crippen molar-refractivity contribution in [2.45, 2.75) is 32.7 Å². The quantitative estimate of drug-likeness (QED) is 0.355. The number of piperazine rings is 1. The molecule has 1 aliphatic rings. The standard InChI is InChI=1S/C29H34N4O2S/c1-20(25(19-30)28(35)31-29(2,3)11-16-34)26-9-10-27(36-26)23-6-5-22-18-24(8-7-21(22)17-23)33-14-12-32(4)13-15-33/h5-10,17-18,34H,11-16H2,1-4H3,(H,31,35)/b25-20+. The molecule has 0 unspecified atom stereocenters. The average Bonchev–Trinajstić information content (AvgIpc) is 3.34. The number of rotatable bonds is 7. The molecule has 3 aromatic rings. The SMILES string of the molecule is C/C(=C(/C#N)C(=O)NC(C)(C)CCO)c1ccc(-c2ccc3cc(N4CCN(C)CC4)ccc3c2)s1. The summed E-state index contributed by atoms with van der Waals surface area (Å²) in [6, 6.07) is 19.3. The van der Waals surface area contributed by atoms with Crippen LogP contribution in [0.3, 0.4) is 0 Å². The molecule has 0 spiro atoms. The molecule has 1 aromatic heterocycles. The monoisotopic (exact) mass is 502 g/mol. The number of benzene rings is 2. The van der Waals surface area contributed by atoms with E-state index in [0.29, 0.717) is 12.0 Å². The number of nitriles is 1. The van der Waals surface area contributed by atoms with Crippen LogP contribution in [0.1, 0.15) is 32.1 Å². The van der Waals surface area contributed by atoms with Crippen LogP contribution >= 0.6 is 11.3 Å². The van der Waals surface area contributed by atoms with Crippen molar-refractivity contribution in [3.05, 3.63) is 59.0 Å². The number of anilines is 1. The van der Waals surface area contributed by atoms with Crippen molar-refractivity contribution in [2.24, 2.45) is 0 Å². The highest BCUT2D eigenvalue weighted by molar-refractivity contribution is 7.16. The summed E-state index contributed by atoms with van der Waals surface area (Å²) in [5.74, 6) is -0.412. The molecule has 0 atom stereocenters. The fourth-order valence-corrected chi connectivity index (χ4v) is 5.49. The number of hydrogen-bond acceptors (Lipinski definition) is 6. The Kier molecular flexibility index (Phi) is 7.79. The van der Waals surface area contributed by atoms with Gasteiger partial charge in [0, 0.05) is 53.8 Å². The van der Waals surface area contributed by atoms with E-state index >= 15 is 0 Å². The third kappa shape index (κ3) is 5.79. The second kappa shape index (κ2) is 10.8. The lowest BCUT2D eigenvalue weighted by molar-refractivity contribution is -0.118. The van der Waals surface area contributed by atoms with Crippen molar-refractivity contribution in [3.63, 3.8) is 0 Å². The molecule has 2 aromatic carbocycles. The maximum Gasteiger partial charge on any atom is 0.262 e. The minimum Gasteiger partial charge on any atom is -0.396 e. The molecule has 4 rings (SSSR count). The number of nitrogens with zero attached hydrogens (tertiary/aromatic N) is 3. The highest BCUT2D eigenvalue weighted by Gasteiger charge is 2.24. The van der Waals surface area contributed by atoms with E-state index in [9.17, 15) is 15.2 Å². The number of nitrogens with one attached hydrogen (secondary N) is 1. The van der Waals surface area contributed by atoms with E-state index in [-0.39, 0.29) is 12.2 Å². The smallest absolute Gasteiger partial charge is 0.262 e. The molecule has 1 fully saturated rings. The number of aliphatic hydroxyl groups is 1. The Morgan fingerprint density at radius 3 is 2.47 bits per heavy atom. The number of likely N-dealkylation sites (N-methyl/N-ethyl adjacent to an activating group) is 1. The molecule has 0 aliphatic carbocycles. The van der Waals surface area contributed by atoms with E-state index in [0.717, 1.165) is 41.5 Å². The number of carbonyl (C=O) groups is 1. The van der Waals surface area contributed by atoms with Gasteiger partial charge in [-0.1, -0.05) is 18.2 Å². The average molecular weight is 503 g/mol. The van der Waals surface area contributed by atoms with Crippen molar-refractivity contribution in [1.82, 2.24) is 10.2 Å². The van der Waals surface area contributed by atoms with Crippen LogP contribution in [0.25, 0.3) is 26.8 Å². The Balaban J connectivity index is 1.56. The van der Waals surface area contributed by atoms with Crippen molar-refractivity contribution >= 4 is 39.3 Å². The number of aliphatic hydroxyl groups excluding tert-OH is 1. The van der Waals surface area contributed by atoms with Gasteiger partial charge >= 0.3 is 0 Å². The first-order chi connectivity index (χ1) is 17.2. The number of hydrogen-bond donors (Lipinski definition) is 2. The third-order valence-electron chi connectivity index (χ3n) is 6.85. The molecule has 1 saturated heterocycles. The summed E-state index contributed by atoms with van der Waals surface area (Å²) in [4.78, 5) is 19.6. The first-order valence-electron chi connectivity index (χ1n) is 12.3. The van der Waals surface area contributed by atoms with Crippen LogP contribution in [0, 0.1) is 11.3 Å². The molecule has 0 saturated carbocycles.